The molecule has 1 aromatic carbocycles. The molecular weight excluding hydrogens is 297 g/mol. The first kappa shape index (κ1) is 15.8. The van der Waals surface area contributed by atoms with Gasteiger partial charge in [-0.15, -0.1) is 11.8 Å². The summed E-state index contributed by atoms with van der Waals surface area (Å²) in [6.45, 7) is 0.0624. The van der Waals surface area contributed by atoms with Crippen LogP contribution < -0.4 is 0 Å². The highest BCUT2D eigenvalue weighted by molar-refractivity contribution is 7.99. The van der Waals surface area contributed by atoms with Gasteiger partial charge in [-0.3, -0.25) is 4.79 Å². The molecule has 7 heteroatoms. The zero-order valence-corrected chi connectivity index (χ0v) is 12.1. The summed E-state index contributed by atoms with van der Waals surface area (Å²) < 4.78 is 12.7. The summed E-state index contributed by atoms with van der Waals surface area (Å²) in [5.41, 5.74) is 0.894. The zero-order chi connectivity index (χ0) is 15.4. The Morgan fingerprint density at radius 1 is 1.33 bits per heavy atom. The lowest BCUT2D eigenvalue weighted by atomic mass is 10.2. The number of carboxylic acids is 1. The molecular formula is C14H16FNO4S. The number of aliphatic hydroxyl groups excluding tert-OH is 1. The van der Waals surface area contributed by atoms with Crippen molar-refractivity contribution in [3.63, 3.8) is 0 Å². The van der Waals surface area contributed by atoms with Gasteiger partial charge >= 0.3 is 5.97 Å². The molecule has 1 heterocycles. The second-order valence-corrected chi connectivity index (χ2v) is 5.89. The lowest BCUT2D eigenvalue weighted by molar-refractivity contribution is -0.147. The second-order valence-electron chi connectivity index (χ2n) is 4.91. The third-order valence-corrected chi connectivity index (χ3v) is 4.28. The highest BCUT2D eigenvalue weighted by Crippen LogP contribution is 2.20. The van der Waals surface area contributed by atoms with Crippen LogP contribution in [0.4, 0.5) is 4.39 Å². The van der Waals surface area contributed by atoms with Gasteiger partial charge < -0.3 is 15.1 Å². The van der Waals surface area contributed by atoms with Crippen LogP contribution in [0.25, 0.3) is 0 Å². The Bertz CT molecular complexity index is 522. The lowest BCUT2D eigenvalue weighted by Gasteiger charge is -2.20. The van der Waals surface area contributed by atoms with Gasteiger partial charge in [0.15, 0.2) is 0 Å². The topological polar surface area (TPSA) is 77.8 Å². The molecule has 1 aliphatic rings. The van der Waals surface area contributed by atoms with Crippen LogP contribution in [0.5, 0.6) is 0 Å². The number of nitrogens with zero attached hydrogens (tertiary/aromatic N) is 1. The minimum Gasteiger partial charge on any atom is -0.480 e. The maximum absolute atomic E-state index is 12.7. The third-order valence-electron chi connectivity index (χ3n) is 3.29. The summed E-state index contributed by atoms with van der Waals surface area (Å²) in [6, 6.07) is 5.06. The molecule has 2 rings (SSSR count). The molecule has 0 aliphatic carbocycles. The van der Waals surface area contributed by atoms with E-state index in [1.54, 1.807) is 12.1 Å². The van der Waals surface area contributed by atoms with Gasteiger partial charge in [-0.05, 0) is 17.7 Å². The smallest absolute Gasteiger partial charge is 0.326 e. The van der Waals surface area contributed by atoms with Gasteiger partial charge in [-0.2, -0.15) is 0 Å². The molecule has 21 heavy (non-hydrogen) atoms. The molecule has 0 radical (unpaired) electrons. The summed E-state index contributed by atoms with van der Waals surface area (Å²) in [6.07, 6.45) is -0.707. The summed E-state index contributed by atoms with van der Waals surface area (Å²) in [5, 5.41) is 18.5. The van der Waals surface area contributed by atoms with Crippen LogP contribution in [-0.4, -0.2) is 51.4 Å². The van der Waals surface area contributed by atoms with Crippen LogP contribution in [0.15, 0.2) is 24.3 Å². The first-order chi connectivity index (χ1) is 9.97. The molecule has 0 aromatic heterocycles. The number of β-amino-alcohol motifs (C(OH)–C–C–N with tert-alkyl or cyclic N) is 1. The highest BCUT2D eigenvalue weighted by atomic mass is 32.2. The van der Waals surface area contributed by atoms with E-state index >= 15 is 0 Å². The van der Waals surface area contributed by atoms with E-state index < -0.39 is 18.1 Å². The monoisotopic (exact) mass is 313 g/mol. The van der Waals surface area contributed by atoms with Gasteiger partial charge in [0.05, 0.1) is 11.9 Å². The minimum absolute atomic E-state index is 0.0624. The number of aliphatic hydroxyl groups is 1. The number of thioether (sulfide) groups is 1. The van der Waals surface area contributed by atoms with Gasteiger partial charge in [0.2, 0.25) is 5.91 Å². The van der Waals surface area contributed by atoms with E-state index in [1.165, 1.54) is 28.8 Å². The van der Waals surface area contributed by atoms with Crippen molar-refractivity contribution < 1.29 is 24.2 Å². The fourth-order valence-electron chi connectivity index (χ4n) is 2.24. The van der Waals surface area contributed by atoms with Gasteiger partial charge in [0.1, 0.15) is 11.9 Å². The molecule has 0 spiro atoms. The van der Waals surface area contributed by atoms with Crippen molar-refractivity contribution in [1.82, 2.24) is 4.90 Å². The van der Waals surface area contributed by atoms with Crippen molar-refractivity contribution in [3.05, 3.63) is 35.6 Å². The maximum Gasteiger partial charge on any atom is 0.326 e. The van der Waals surface area contributed by atoms with Crippen molar-refractivity contribution in [2.24, 2.45) is 0 Å². The Hall–Kier alpha value is -1.60. The Morgan fingerprint density at radius 3 is 2.62 bits per heavy atom. The zero-order valence-electron chi connectivity index (χ0n) is 11.2. The number of carboxylic acid groups (broad SMARTS) is 1. The Kier molecular flexibility index (Phi) is 5.19. The molecule has 1 amide bonds. The average Bonchev–Trinajstić information content (AvgIpc) is 2.83. The van der Waals surface area contributed by atoms with E-state index in [4.69, 9.17) is 5.11 Å². The summed E-state index contributed by atoms with van der Waals surface area (Å²) in [4.78, 5) is 24.3. The Labute approximate surface area is 125 Å². The number of likely N-dealkylation sites (tertiary alicyclic amines) is 1. The standard InChI is InChI=1S/C14H16FNO4S/c15-10-3-1-9(2-4-10)7-21-8-13(18)16-6-11(17)5-12(16)14(19)20/h1-4,11-12,17H,5-8H2,(H,19,20)/t11-,12+/m1/s1. The van der Waals surface area contributed by atoms with E-state index in [2.05, 4.69) is 0 Å². The van der Waals surface area contributed by atoms with E-state index in [0.717, 1.165) is 5.56 Å². The van der Waals surface area contributed by atoms with Crippen LogP contribution >= 0.6 is 11.8 Å². The fourth-order valence-corrected chi connectivity index (χ4v) is 3.11. The number of hydrogen-bond acceptors (Lipinski definition) is 4. The molecule has 2 N–H and O–H groups in total. The van der Waals surface area contributed by atoms with Crippen LogP contribution in [-0.2, 0) is 15.3 Å². The second kappa shape index (κ2) is 6.91. The number of amides is 1. The SMILES string of the molecule is O=C(O)[C@@H]1C[C@@H](O)CN1C(=O)CSCc1ccc(F)cc1. The quantitative estimate of drug-likeness (QED) is 0.851. The molecule has 5 nitrogen and oxygen atoms in total. The van der Waals surface area contributed by atoms with Crippen LogP contribution in [0, 0.1) is 5.82 Å². The molecule has 0 unspecified atom stereocenters. The van der Waals surface area contributed by atoms with Gasteiger partial charge in [-0.1, -0.05) is 12.1 Å². The van der Waals surface area contributed by atoms with E-state index in [-0.39, 0.29) is 30.4 Å². The van der Waals surface area contributed by atoms with Crippen molar-refractivity contribution in [2.45, 2.75) is 24.3 Å². The van der Waals surface area contributed by atoms with Crippen molar-refractivity contribution in [1.29, 1.82) is 0 Å². The van der Waals surface area contributed by atoms with E-state index in [1.807, 2.05) is 0 Å². The third kappa shape index (κ3) is 4.18. The molecule has 1 aliphatic heterocycles. The molecule has 114 valence electrons. The number of hydrogen-bond donors (Lipinski definition) is 2. The molecule has 1 fully saturated rings. The maximum atomic E-state index is 12.7. The van der Waals surface area contributed by atoms with Crippen molar-refractivity contribution >= 4 is 23.6 Å². The van der Waals surface area contributed by atoms with Crippen LogP contribution in [0.3, 0.4) is 0 Å². The van der Waals surface area contributed by atoms with Crippen molar-refractivity contribution in [3.8, 4) is 0 Å². The molecule has 2 atom stereocenters. The minimum atomic E-state index is -1.09. The average molecular weight is 313 g/mol. The number of halogens is 1. The number of carbonyl (C=O) groups excluding carboxylic acids is 1. The number of rotatable bonds is 5. The summed E-state index contributed by atoms with van der Waals surface area (Å²) >= 11 is 1.33. The molecule has 1 saturated heterocycles. The predicted molar refractivity (Wildman–Crippen MR) is 76.3 cm³/mol. The molecule has 1 aromatic rings. The van der Waals surface area contributed by atoms with Crippen molar-refractivity contribution in [2.75, 3.05) is 12.3 Å². The van der Waals surface area contributed by atoms with E-state index in [0.29, 0.717) is 5.75 Å². The summed E-state index contributed by atoms with van der Waals surface area (Å²) in [5.74, 6) is -1.03. The fraction of sp³-hybridized carbons (Fsp3) is 0.429. The number of aliphatic carboxylic acids is 1. The molecule has 0 bridgehead atoms. The first-order valence-electron chi connectivity index (χ1n) is 6.50. The van der Waals surface area contributed by atoms with Gasteiger partial charge in [0, 0.05) is 18.7 Å². The van der Waals surface area contributed by atoms with Crippen LogP contribution in [0.1, 0.15) is 12.0 Å². The van der Waals surface area contributed by atoms with Crippen LogP contribution in [0.2, 0.25) is 0 Å². The largest absolute Gasteiger partial charge is 0.480 e. The molecule has 0 saturated carbocycles. The summed E-state index contributed by atoms with van der Waals surface area (Å²) in [7, 11) is 0. The highest BCUT2D eigenvalue weighted by Gasteiger charge is 2.38. The van der Waals surface area contributed by atoms with Gasteiger partial charge in [0.25, 0.3) is 0 Å². The number of carbonyl (C=O) groups is 2. The normalized spacial score (nSPS) is 21.5. The lowest BCUT2D eigenvalue weighted by Crippen LogP contribution is -2.41. The Morgan fingerprint density at radius 2 is 2.00 bits per heavy atom. The van der Waals surface area contributed by atoms with Gasteiger partial charge in [-0.25, -0.2) is 9.18 Å². The van der Waals surface area contributed by atoms with E-state index in [9.17, 15) is 19.1 Å². The first-order valence-corrected chi connectivity index (χ1v) is 7.65. The Balaban J connectivity index is 1.84. The number of benzene rings is 1. The predicted octanol–water partition coefficient (Wildman–Crippen LogP) is 1.11.